The molecule has 2 heterocycles. The molecule has 3 rings (SSSR count). The summed E-state index contributed by atoms with van der Waals surface area (Å²) in [6, 6.07) is 4.91. The number of piperazine rings is 1. The number of carbonyl (C=O) groups excluding carboxylic acids is 3. The van der Waals surface area contributed by atoms with Crippen LogP contribution >= 0.6 is 0 Å². The lowest BCUT2D eigenvalue weighted by atomic mass is 10.1. The first-order chi connectivity index (χ1) is 12.4. The Morgan fingerprint density at radius 2 is 1.58 bits per heavy atom. The topological polar surface area (TPSA) is 98.2 Å². The molecule has 0 radical (unpaired) electrons. The van der Waals surface area contributed by atoms with Crippen molar-refractivity contribution in [2.75, 3.05) is 33.2 Å². The van der Waals surface area contributed by atoms with Crippen molar-refractivity contribution in [2.24, 2.45) is 0 Å². The van der Waals surface area contributed by atoms with E-state index in [0.717, 1.165) is 18.0 Å². The van der Waals surface area contributed by atoms with Gasteiger partial charge in [-0.2, -0.15) is 0 Å². The molecule has 2 aliphatic rings. The molecule has 0 aliphatic carbocycles. The third-order valence-electron chi connectivity index (χ3n) is 4.91. The normalized spacial score (nSPS) is 18.8. The van der Waals surface area contributed by atoms with Gasteiger partial charge in [-0.05, 0) is 25.6 Å². The minimum Gasteiger partial charge on any atom is -0.480 e. The van der Waals surface area contributed by atoms with Crippen molar-refractivity contribution in [2.45, 2.75) is 18.9 Å². The minimum atomic E-state index is -1.35. The van der Waals surface area contributed by atoms with Crippen LogP contribution in [0.15, 0.2) is 24.3 Å². The zero-order chi connectivity index (χ0) is 18.8. The van der Waals surface area contributed by atoms with Gasteiger partial charge in [0.2, 0.25) is 5.91 Å². The molecule has 0 unspecified atom stereocenters. The van der Waals surface area contributed by atoms with Gasteiger partial charge >= 0.3 is 5.97 Å². The summed E-state index contributed by atoms with van der Waals surface area (Å²) in [5.74, 6) is -2.68. The fourth-order valence-electron chi connectivity index (χ4n) is 3.33. The van der Waals surface area contributed by atoms with Gasteiger partial charge in [-0.1, -0.05) is 12.1 Å². The third kappa shape index (κ3) is 3.32. The lowest BCUT2D eigenvalue weighted by molar-refractivity contribution is -0.142. The number of nitrogens with zero attached hydrogens (tertiary/aromatic N) is 3. The highest BCUT2D eigenvalue weighted by Crippen LogP contribution is 2.26. The first-order valence-corrected chi connectivity index (χ1v) is 8.56. The van der Waals surface area contributed by atoms with Gasteiger partial charge in [0.1, 0.15) is 6.04 Å². The Balaban J connectivity index is 1.69. The second kappa shape index (κ2) is 7.25. The highest BCUT2D eigenvalue weighted by molar-refractivity contribution is 6.22. The number of carboxylic acids is 1. The fourth-order valence-corrected chi connectivity index (χ4v) is 3.33. The van der Waals surface area contributed by atoms with Crippen LogP contribution in [0, 0.1) is 0 Å². The summed E-state index contributed by atoms with van der Waals surface area (Å²) in [6.07, 6.45) is -0.111. The molecule has 1 aromatic carbocycles. The number of amides is 3. The van der Waals surface area contributed by atoms with E-state index in [0.29, 0.717) is 13.1 Å². The highest BCUT2D eigenvalue weighted by Gasteiger charge is 2.42. The van der Waals surface area contributed by atoms with Crippen molar-refractivity contribution >= 4 is 23.7 Å². The van der Waals surface area contributed by atoms with Crippen LogP contribution in [0.3, 0.4) is 0 Å². The number of hydrogen-bond donors (Lipinski definition) is 1. The zero-order valence-corrected chi connectivity index (χ0v) is 14.6. The van der Waals surface area contributed by atoms with Crippen molar-refractivity contribution < 1.29 is 24.3 Å². The van der Waals surface area contributed by atoms with Crippen LogP contribution in [0.25, 0.3) is 0 Å². The Morgan fingerprint density at radius 1 is 1.04 bits per heavy atom. The number of hydrogen-bond acceptors (Lipinski definition) is 5. The number of imide groups is 1. The summed E-state index contributed by atoms with van der Waals surface area (Å²) in [4.78, 5) is 53.6. The molecule has 8 nitrogen and oxygen atoms in total. The summed E-state index contributed by atoms with van der Waals surface area (Å²) >= 11 is 0. The maximum absolute atomic E-state index is 12.5. The van der Waals surface area contributed by atoms with E-state index in [1.807, 2.05) is 7.05 Å². The number of carboxylic acid groups (broad SMARTS) is 1. The van der Waals surface area contributed by atoms with Gasteiger partial charge in [0.15, 0.2) is 0 Å². The molecule has 1 fully saturated rings. The van der Waals surface area contributed by atoms with E-state index in [9.17, 15) is 24.3 Å². The molecule has 0 saturated carbocycles. The van der Waals surface area contributed by atoms with Gasteiger partial charge in [-0.3, -0.25) is 19.3 Å². The SMILES string of the molecule is CN1CCN(C(=O)CC[C@@H](C(=O)O)N2C(=O)c3ccccc3C2=O)CC1. The maximum atomic E-state index is 12.5. The fraction of sp³-hybridized carbons (Fsp3) is 0.444. The maximum Gasteiger partial charge on any atom is 0.326 e. The van der Waals surface area contributed by atoms with Crippen molar-refractivity contribution in [3.63, 3.8) is 0 Å². The van der Waals surface area contributed by atoms with Crippen LogP contribution in [0.1, 0.15) is 33.6 Å². The van der Waals surface area contributed by atoms with Crippen molar-refractivity contribution in [3.8, 4) is 0 Å². The molecule has 2 aliphatic heterocycles. The summed E-state index contributed by atoms with van der Waals surface area (Å²) < 4.78 is 0. The molecule has 3 amide bonds. The summed E-state index contributed by atoms with van der Waals surface area (Å²) in [6.45, 7) is 2.74. The lowest BCUT2D eigenvalue weighted by Gasteiger charge is -2.33. The van der Waals surface area contributed by atoms with E-state index in [2.05, 4.69) is 4.90 Å². The second-order valence-corrected chi connectivity index (χ2v) is 6.60. The Labute approximate surface area is 151 Å². The average molecular weight is 359 g/mol. The van der Waals surface area contributed by atoms with E-state index >= 15 is 0 Å². The summed E-state index contributed by atoms with van der Waals surface area (Å²) in [7, 11) is 1.98. The molecule has 1 atom stereocenters. The van der Waals surface area contributed by atoms with E-state index in [4.69, 9.17) is 0 Å². The predicted molar refractivity (Wildman–Crippen MR) is 91.7 cm³/mol. The molecule has 1 saturated heterocycles. The van der Waals surface area contributed by atoms with Crippen LogP contribution < -0.4 is 0 Å². The van der Waals surface area contributed by atoms with E-state index < -0.39 is 23.8 Å². The molecule has 0 spiro atoms. The Morgan fingerprint density at radius 3 is 2.08 bits per heavy atom. The van der Waals surface area contributed by atoms with Crippen molar-refractivity contribution in [3.05, 3.63) is 35.4 Å². The third-order valence-corrected chi connectivity index (χ3v) is 4.91. The molecule has 26 heavy (non-hydrogen) atoms. The Bertz CT molecular complexity index is 720. The summed E-state index contributed by atoms with van der Waals surface area (Å²) in [5, 5.41) is 9.53. The number of likely N-dealkylation sites (N-methyl/N-ethyl adjacent to an activating group) is 1. The largest absolute Gasteiger partial charge is 0.480 e. The molecule has 8 heteroatoms. The van der Waals surface area contributed by atoms with Crippen LogP contribution in [-0.4, -0.2) is 82.8 Å². The van der Waals surface area contributed by atoms with Crippen LogP contribution in [0.5, 0.6) is 0 Å². The van der Waals surface area contributed by atoms with Gasteiger partial charge in [0, 0.05) is 32.6 Å². The molecular weight excluding hydrogens is 338 g/mol. The first kappa shape index (κ1) is 18.1. The quantitative estimate of drug-likeness (QED) is 0.759. The zero-order valence-electron chi connectivity index (χ0n) is 14.6. The van der Waals surface area contributed by atoms with E-state index in [1.165, 1.54) is 12.1 Å². The second-order valence-electron chi connectivity index (χ2n) is 6.60. The van der Waals surface area contributed by atoms with Gasteiger partial charge < -0.3 is 14.9 Å². The number of fused-ring (bicyclic) bond motifs is 1. The van der Waals surface area contributed by atoms with Crippen LogP contribution in [0.4, 0.5) is 0 Å². The van der Waals surface area contributed by atoms with Gasteiger partial charge in [-0.25, -0.2) is 4.79 Å². The van der Waals surface area contributed by atoms with Crippen LogP contribution in [-0.2, 0) is 9.59 Å². The first-order valence-electron chi connectivity index (χ1n) is 8.56. The Hall–Kier alpha value is -2.74. The van der Waals surface area contributed by atoms with E-state index in [1.54, 1.807) is 17.0 Å². The molecule has 1 aromatic rings. The van der Waals surface area contributed by atoms with E-state index in [-0.39, 0.29) is 29.9 Å². The van der Waals surface area contributed by atoms with Gasteiger partial charge in [0.25, 0.3) is 11.8 Å². The molecular formula is C18H21N3O5. The Kier molecular flexibility index (Phi) is 5.03. The van der Waals surface area contributed by atoms with Gasteiger partial charge in [0.05, 0.1) is 11.1 Å². The van der Waals surface area contributed by atoms with Crippen molar-refractivity contribution in [1.29, 1.82) is 0 Å². The summed E-state index contributed by atoms with van der Waals surface area (Å²) in [5.41, 5.74) is 0.406. The number of aliphatic carboxylic acids is 1. The standard InChI is InChI=1S/C18H21N3O5/c1-19-8-10-20(11-9-19)15(22)7-6-14(18(25)26)21-16(23)12-4-2-3-5-13(12)17(21)24/h2-5,14H,6-11H2,1H3,(H,25,26)/t14-/m0/s1. The monoisotopic (exact) mass is 359 g/mol. The van der Waals surface area contributed by atoms with Gasteiger partial charge in [-0.15, -0.1) is 0 Å². The number of carbonyl (C=O) groups is 4. The van der Waals surface area contributed by atoms with Crippen molar-refractivity contribution in [1.82, 2.24) is 14.7 Å². The minimum absolute atomic E-state index is 0.0198. The highest BCUT2D eigenvalue weighted by atomic mass is 16.4. The molecule has 0 aromatic heterocycles. The number of benzene rings is 1. The number of rotatable bonds is 5. The molecule has 0 bridgehead atoms. The average Bonchev–Trinajstić information content (AvgIpc) is 2.87. The van der Waals surface area contributed by atoms with Crippen LogP contribution in [0.2, 0.25) is 0 Å². The molecule has 138 valence electrons. The molecule has 1 N–H and O–H groups in total. The predicted octanol–water partition coefficient (Wildman–Crippen LogP) is 0.290. The lowest BCUT2D eigenvalue weighted by Crippen LogP contribution is -2.48. The smallest absolute Gasteiger partial charge is 0.326 e.